The van der Waals surface area contributed by atoms with E-state index in [2.05, 4.69) is 5.32 Å². The van der Waals surface area contributed by atoms with Crippen LogP contribution in [0.25, 0.3) is 11.1 Å². The zero-order valence-electron chi connectivity index (χ0n) is 15.1. The Hall–Kier alpha value is -4.27. The summed E-state index contributed by atoms with van der Waals surface area (Å²) in [6, 6.07) is 17.3. The fourth-order valence-electron chi connectivity index (χ4n) is 2.82. The third kappa shape index (κ3) is 4.35. The number of carbonyl (C=O) groups is 2. The van der Waals surface area contributed by atoms with Crippen molar-refractivity contribution in [1.82, 2.24) is 4.57 Å². The highest BCUT2D eigenvalue weighted by molar-refractivity contribution is 5.96. The molecule has 0 fully saturated rings. The average molecular weight is 392 g/mol. The highest BCUT2D eigenvalue weighted by atomic mass is 16.6. The lowest BCUT2D eigenvalue weighted by molar-refractivity contribution is -0.385. The Morgan fingerprint density at radius 2 is 1.72 bits per heavy atom. The SMILES string of the molecule is NC(=O)c1cc([N+](=O)[O-])cn(CC(=O)Nc2ccccc2-c2ccccc2)c1=O. The van der Waals surface area contributed by atoms with Crippen molar-refractivity contribution < 1.29 is 14.5 Å². The predicted octanol–water partition coefficient (Wildman–Crippen LogP) is 2.16. The molecule has 0 saturated carbocycles. The summed E-state index contributed by atoms with van der Waals surface area (Å²) in [6.07, 6.45) is 0.900. The Bertz CT molecular complexity index is 1160. The smallest absolute Gasteiger partial charge is 0.286 e. The molecule has 2 aromatic carbocycles. The van der Waals surface area contributed by atoms with Gasteiger partial charge in [0, 0.05) is 17.3 Å². The number of nitrogens with one attached hydrogen (secondary N) is 1. The summed E-state index contributed by atoms with van der Waals surface area (Å²) in [5.74, 6) is -1.70. The molecule has 9 heteroatoms. The Morgan fingerprint density at radius 1 is 1.07 bits per heavy atom. The molecule has 2 amide bonds. The second-order valence-electron chi connectivity index (χ2n) is 6.13. The average Bonchev–Trinajstić information content (AvgIpc) is 2.70. The van der Waals surface area contributed by atoms with Gasteiger partial charge in [-0.1, -0.05) is 48.5 Å². The summed E-state index contributed by atoms with van der Waals surface area (Å²) < 4.78 is 0.790. The van der Waals surface area contributed by atoms with Gasteiger partial charge in [0.1, 0.15) is 12.1 Å². The topological polar surface area (TPSA) is 137 Å². The largest absolute Gasteiger partial charge is 0.365 e. The van der Waals surface area contributed by atoms with E-state index in [1.165, 1.54) is 0 Å². The number of carbonyl (C=O) groups excluding carboxylic acids is 2. The fraction of sp³-hybridized carbons (Fsp3) is 0.0500. The lowest BCUT2D eigenvalue weighted by atomic mass is 10.0. The van der Waals surface area contributed by atoms with Crippen molar-refractivity contribution in [1.29, 1.82) is 0 Å². The number of rotatable bonds is 6. The van der Waals surface area contributed by atoms with Gasteiger partial charge >= 0.3 is 0 Å². The Labute approximate surface area is 164 Å². The van der Waals surface area contributed by atoms with Crippen molar-refractivity contribution in [2.24, 2.45) is 5.73 Å². The maximum absolute atomic E-state index is 12.5. The van der Waals surface area contributed by atoms with E-state index in [0.29, 0.717) is 5.69 Å². The number of hydrogen-bond donors (Lipinski definition) is 2. The van der Waals surface area contributed by atoms with Crippen LogP contribution in [0.2, 0.25) is 0 Å². The van der Waals surface area contributed by atoms with Gasteiger partial charge in [-0.05, 0) is 11.6 Å². The fourth-order valence-corrected chi connectivity index (χ4v) is 2.82. The minimum absolute atomic E-state index is 0.511. The standard InChI is InChI=1S/C20H16N4O5/c21-19(26)16-10-14(24(28)29)11-23(20(16)27)12-18(25)22-17-9-5-4-8-15(17)13-6-2-1-3-7-13/h1-11H,12H2,(H2,21,26)(H,22,25). The molecule has 0 atom stereocenters. The molecule has 1 heterocycles. The van der Waals surface area contributed by atoms with Crippen molar-refractivity contribution in [2.45, 2.75) is 6.54 Å². The molecule has 29 heavy (non-hydrogen) atoms. The summed E-state index contributed by atoms with van der Waals surface area (Å²) in [4.78, 5) is 46.5. The van der Waals surface area contributed by atoms with Gasteiger partial charge in [0.05, 0.1) is 11.1 Å². The van der Waals surface area contributed by atoms with E-state index in [4.69, 9.17) is 5.73 Å². The lowest BCUT2D eigenvalue weighted by Gasteiger charge is -2.12. The molecule has 3 rings (SSSR count). The Kier molecular flexibility index (Phi) is 5.49. The number of benzene rings is 2. The van der Waals surface area contributed by atoms with Gasteiger partial charge < -0.3 is 11.1 Å². The van der Waals surface area contributed by atoms with Crippen LogP contribution >= 0.6 is 0 Å². The second-order valence-corrected chi connectivity index (χ2v) is 6.13. The van der Waals surface area contributed by atoms with Crippen LogP contribution in [0.3, 0.4) is 0 Å². The first-order valence-electron chi connectivity index (χ1n) is 8.50. The van der Waals surface area contributed by atoms with Gasteiger partial charge in [0.2, 0.25) is 5.91 Å². The maximum atomic E-state index is 12.5. The van der Waals surface area contributed by atoms with E-state index in [1.807, 2.05) is 42.5 Å². The van der Waals surface area contributed by atoms with Crippen LogP contribution in [-0.4, -0.2) is 21.3 Å². The predicted molar refractivity (Wildman–Crippen MR) is 106 cm³/mol. The number of nitrogens with two attached hydrogens (primary N) is 1. The van der Waals surface area contributed by atoms with Crippen molar-refractivity contribution >= 4 is 23.2 Å². The highest BCUT2D eigenvalue weighted by Gasteiger charge is 2.19. The van der Waals surface area contributed by atoms with Crippen LogP contribution in [0.1, 0.15) is 10.4 Å². The number of nitro groups is 1. The van der Waals surface area contributed by atoms with Crippen LogP contribution < -0.4 is 16.6 Å². The van der Waals surface area contributed by atoms with Gasteiger partial charge in [-0.25, -0.2) is 0 Å². The lowest BCUT2D eigenvalue weighted by Crippen LogP contribution is -2.33. The number of nitrogens with zero attached hydrogens (tertiary/aromatic N) is 2. The molecule has 0 unspecified atom stereocenters. The maximum Gasteiger partial charge on any atom is 0.286 e. The van der Waals surface area contributed by atoms with E-state index in [0.717, 1.165) is 28.0 Å². The van der Waals surface area contributed by atoms with E-state index in [9.17, 15) is 24.5 Å². The number of hydrogen-bond acceptors (Lipinski definition) is 5. The van der Waals surface area contributed by atoms with Gasteiger partial charge in [-0.2, -0.15) is 0 Å². The van der Waals surface area contributed by atoms with E-state index in [-0.39, 0.29) is 0 Å². The van der Waals surface area contributed by atoms with Crippen LogP contribution in [0.4, 0.5) is 11.4 Å². The number of pyridine rings is 1. The number of aromatic nitrogens is 1. The Balaban J connectivity index is 1.91. The van der Waals surface area contributed by atoms with Gasteiger partial charge in [-0.15, -0.1) is 0 Å². The van der Waals surface area contributed by atoms with Crippen molar-refractivity contribution in [3.05, 3.63) is 92.9 Å². The zero-order valence-corrected chi connectivity index (χ0v) is 15.1. The summed E-state index contributed by atoms with van der Waals surface area (Å²) in [5, 5.41) is 13.8. The van der Waals surface area contributed by atoms with E-state index >= 15 is 0 Å². The number of para-hydroxylation sites is 1. The van der Waals surface area contributed by atoms with Crippen LogP contribution in [0, 0.1) is 10.1 Å². The second kappa shape index (κ2) is 8.17. The summed E-state index contributed by atoms with van der Waals surface area (Å²) in [5.41, 5.74) is 5.32. The molecule has 3 aromatic rings. The normalized spacial score (nSPS) is 10.3. The molecule has 0 aliphatic rings. The van der Waals surface area contributed by atoms with Crippen molar-refractivity contribution in [2.75, 3.05) is 5.32 Å². The van der Waals surface area contributed by atoms with Crippen molar-refractivity contribution in [3.8, 4) is 11.1 Å². The van der Waals surface area contributed by atoms with E-state index < -0.39 is 40.1 Å². The molecule has 9 nitrogen and oxygen atoms in total. The minimum Gasteiger partial charge on any atom is -0.365 e. The molecular formula is C20H16N4O5. The third-order valence-corrected chi connectivity index (χ3v) is 4.15. The van der Waals surface area contributed by atoms with Gasteiger partial charge in [0.15, 0.2) is 0 Å². The Morgan fingerprint density at radius 3 is 2.38 bits per heavy atom. The first kappa shape index (κ1) is 19.5. The molecule has 0 aliphatic heterocycles. The molecular weight excluding hydrogens is 376 g/mol. The molecule has 0 saturated heterocycles. The van der Waals surface area contributed by atoms with Gasteiger partial charge in [0.25, 0.3) is 17.2 Å². The number of anilines is 1. The summed E-state index contributed by atoms with van der Waals surface area (Å²) >= 11 is 0. The first-order valence-corrected chi connectivity index (χ1v) is 8.50. The number of amides is 2. The quantitative estimate of drug-likeness (QED) is 0.489. The highest BCUT2D eigenvalue weighted by Crippen LogP contribution is 2.27. The first-order chi connectivity index (χ1) is 13.9. The molecule has 0 spiro atoms. The number of primary amides is 1. The minimum atomic E-state index is -1.11. The van der Waals surface area contributed by atoms with Crippen molar-refractivity contribution in [3.63, 3.8) is 0 Å². The van der Waals surface area contributed by atoms with E-state index in [1.54, 1.807) is 12.1 Å². The van der Waals surface area contributed by atoms with Crippen LogP contribution in [-0.2, 0) is 11.3 Å². The molecule has 3 N–H and O–H groups in total. The third-order valence-electron chi connectivity index (χ3n) is 4.15. The molecule has 146 valence electrons. The molecule has 0 aliphatic carbocycles. The van der Waals surface area contributed by atoms with Gasteiger partial charge in [-0.3, -0.25) is 29.1 Å². The van der Waals surface area contributed by atoms with Crippen LogP contribution in [0.15, 0.2) is 71.7 Å². The molecule has 0 bridgehead atoms. The monoisotopic (exact) mass is 392 g/mol. The van der Waals surface area contributed by atoms with Crippen LogP contribution in [0.5, 0.6) is 0 Å². The molecule has 1 aromatic heterocycles. The molecule has 0 radical (unpaired) electrons. The summed E-state index contributed by atoms with van der Waals surface area (Å²) in [6.45, 7) is -0.524. The zero-order chi connectivity index (χ0) is 21.0. The summed E-state index contributed by atoms with van der Waals surface area (Å²) in [7, 11) is 0.